The number of amides is 4. The van der Waals surface area contributed by atoms with Gasteiger partial charge in [-0.25, -0.2) is 0 Å². The fraction of sp³-hybridized carbons (Fsp3) is 0.757. The fourth-order valence-corrected chi connectivity index (χ4v) is 10.9. The van der Waals surface area contributed by atoms with Crippen LogP contribution < -0.4 is 27.4 Å². The van der Waals surface area contributed by atoms with Crippen molar-refractivity contribution in [2.24, 2.45) is 41.1 Å². The molecule has 92 heavy (non-hydrogen) atoms. The number of nitrogens with two attached hydrogens (primary N) is 2. The molecule has 0 heterocycles. The minimum Gasteiger partial charge on any atom is -0.508 e. The number of hydrogen-bond acceptors (Lipinski definition) is 16. The van der Waals surface area contributed by atoms with E-state index in [0.29, 0.717) is 83.8 Å². The molecular formula is C70H118N6O16. The molecule has 4 amide bonds. The molecule has 1 aromatic rings. The number of nitrogens with one attached hydrogen (secondary N) is 4. The summed E-state index contributed by atoms with van der Waals surface area (Å²) in [6.45, 7) is 8.69. The van der Waals surface area contributed by atoms with E-state index in [-0.39, 0.29) is 162 Å². The zero-order valence-corrected chi connectivity index (χ0v) is 56.4. The number of hydrogen-bond donors (Lipinski definition) is 8. The predicted molar refractivity (Wildman–Crippen MR) is 355 cm³/mol. The van der Waals surface area contributed by atoms with Crippen molar-refractivity contribution in [3.63, 3.8) is 0 Å². The van der Waals surface area contributed by atoms with Crippen LogP contribution in [0.1, 0.15) is 239 Å². The molecule has 524 valence electrons. The molecule has 0 saturated carbocycles. The summed E-state index contributed by atoms with van der Waals surface area (Å²) in [6.07, 6.45) is 22.4. The second kappa shape index (κ2) is 54.4. The molecule has 0 aromatic heterocycles. The summed E-state index contributed by atoms with van der Waals surface area (Å²) in [4.78, 5) is 127. The van der Waals surface area contributed by atoms with Crippen LogP contribution in [-0.4, -0.2) is 147 Å². The summed E-state index contributed by atoms with van der Waals surface area (Å²) in [5.74, 6) is -5.19. The Bertz CT molecular complexity index is 2280. The third kappa shape index (κ3) is 46.2. The highest BCUT2D eigenvalue weighted by Gasteiger charge is 2.35. The van der Waals surface area contributed by atoms with Crippen LogP contribution in [0.5, 0.6) is 5.75 Å². The number of carboxylic acids is 1. The Hall–Kier alpha value is -5.97. The van der Waals surface area contributed by atoms with E-state index in [1.54, 1.807) is 19.1 Å². The van der Waals surface area contributed by atoms with Crippen LogP contribution in [0.25, 0.3) is 0 Å². The second-order valence-electron chi connectivity index (χ2n) is 25.0. The van der Waals surface area contributed by atoms with Gasteiger partial charge in [0.15, 0.2) is 5.78 Å². The Morgan fingerprint density at radius 2 is 1.04 bits per heavy atom. The van der Waals surface area contributed by atoms with E-state index in [4.69, 9.17) is 40.9 Å². The van der Waals surface area contributed by atoms with E-state index in [9.17, 15) is 53.1 Å². The molecule has 6 atom stereocenters. The molecule has 0 fully saturated rings. The van der Waals surface area contributed by atoms with Gasteiger partial charge in [-0.1, -0.05) is 129 Å². The van der Waals surface area contributed by atoms with Crippen molar-refractivity contribution in [3.05, 3.63) is 29.8 Å². The molecule has 0 bridgehead atoms. The number of primary amides is 1. The summed E-state index contributed by atoms with van der Waals surface area (Å²) in [5, 5.41) is 34.4. The van der Waals surface area contributed by atoms with Crippen molar-refractivity contribution in [1.82, 2.24) is 16.0 Å². The molecule has 1 rings (SSSR count). The summed E-state index contributed by atoms with van der Waals surface area (Å²) in [5.41, 5.74) is 12.1. The van der Waals surface area contributed by atoms with Crippen molar-refractivity contribution in [1.29, 1.82) is 5.41 Å². The lowest BCUT2D eigenvalue weighted by atomic mass is 9.75. The Kier molecular flexibility index (Phi) is 49.7. The first-order chi connectivity index (χ1) is 44.1. The third-order valence-corrected chi connectivity index (χ3v) is 16.8. The van der Waals surface area contributed by atoms with Crippen molar-refractivity contribution in [3.8, 4) is 5.75 Å². The lowest BCUT2D eigenvalue weighted by Crippen LogP contribution is -2.40. The maximum absolute atomic E-state index is 14.4. The Morgan fingerprint density at radius 3 is 1.60 bits per heavy atom. The number of ketones is 5. The molecule has 0 aliphatic carbocycles. The van der Waals surface area contributed by atoms with Crippen molar-refractivity contribution < 1.29 is 77.1 Å². The third-order valence-electron chi connectivity index (χ3n) is 16.8. The van der Waals surface area contributed by atoms with Crippen molar-refractivity contribution >= 4 is 64.3 Å². The van der Waals surface area contributed by atoms with Crippen LogP contribution in [0.4, 0.5) is 0 Å². The largest absolute Gasteiger partial charge is 0.508 e. The number of carbonyl (C=O) groups excluding carboxylic acids is 9. The summed E-state index contributed by atoms with van der Waals surface area (Å²) in [7, 11) is 0. The van der Waals surface area contributed by atoms with Crippen molar-refractivity contribution in [2.75, 3.05) is 65.9 Å². The zero-order chi connectivity index (χ0) is 68.2. The van der Waals surface area contributed by atoms with Gasteiger partial charge in [-0.05, 0) is 94.7 Å². The molecule has 3 unspecified atom stereocenters. The predicted octanol–water partition coefficient (Wildman–Crippen LogP) is 9.71. The number of aromatic hydroxyl groups is 1. The topological polar surface area (TPSA) is 360 Å². The number of benzene rings is 1. The molecule has 10 N–H and O–H groups in total. The quantitative estimate of drug-likeness (QED) is 0.0171. The van der Waals surface area contributed by atoms with Gasteiger partial charge in [0.2, 0.25) is 23.6 Å². The van der Waals surface area contributed by atoms with Crippen molar-refractivity contribution in [2.45, 2.75) is 246 Å². The van der Waals surface area contributed by atoms with E-state index >= 15 is 0 Å². The van der Waals surface area contributed by atoms with Gasteiger partial charge in [0.25, 0.3) is 0 Å². The Morgan fingerprint density at radius 1 is 0.522 bits per heavy atom. The van der Waals surface area contributed by atoms with Crippen LogP contribution in [0.3, 0.4) is 0 Å². The van der Waals surface area contributed by atoms with E-state index in [1.807, 2.05) is 13.8 Å². The number of rotatable bonds is 64. The summed E-state index contributed by atoms with van der Waals surface area (Å²) < 4.78 is 21.9. The number of ether oxygens (including phenoxy) is 4. The molecule has 22 nitrogen and oxygen atoms in total. The zero-order valence-electron chi connectivity index (χ0n) is 56.4. The lowest BCUT2D eigenvalue weighted by molar-refractivity contribution is -0.137. The monoisotopic (exact) mass is 1300 g/mol. The maximum atomic E-state index is 14.4. The molecule has 22 heteroatoms. The van der Waals surface area contributed by atoms with Gasteiger partial charge in [0.1, 0.15) is 42.1 Å². The first-order valence-corrected chi connectivity index (χ1v) is 34.5. The smallest absolute Gasteiger partial charge is 0.303 e. The molecule has 0 aliphatic heterocycles. The SMILES string of the molecule is CCC(C)CC(=O)CCC(CCCCNC(=O)COCCOCCNC(=O)COCCOCCCC(=O)CC[C@H](NC(=O)CCCCCCCCCCCCCCCCC(=O)O)C(C)=O)C(=O)C(C)[C@@H](CCCCC(=N)N)C(=O)C[C@@H](Cc1ccc(O)cc1)C(N)=O. The van der Waals surface area contributed by atoms with Gasteiger partial charge in [0, 0.05) is 94.7 Å². The Labute approximate surface area is 548 Å². The number of Topliss-reactive ketones (excluding diaryl/α,β-unsaturated/α-hetero) is 5. The van der Waals surface area contributed by atoms with E-state index in [2.05, 4.69) is 16.0 Å². The standard InChI is InChI=1S/C70H118N6O16/c1-5-52(2)47-60(80)36-33-56(69(87)53(3)61(27-20-21-28-64(71)72)63(81)49-57(70(73)88)48-55-31-34-59(79)35-32-55)25-22-23-39-74-66(83)50-92-46-44-90-42-40-75-67(84)51-91-45-43-89-41-24-26-58(78)37-38-62(54(4)77)76-65(82)29-18-16-14-12-10-8-6-7-9-11-13-15-17-19-30-68(85)86/h31-32,34-35,52-53,56-57,61-62,79H,5-30,33,36-51H2,1-4H3,(H3,71,72)(H2,73,88)(H,74,83)(H,75,84)(H,76,82)(H,85,86)/t52?,53?,56?,57-,61-,62+/m1/s1. The summed E-state index contributed by atoms with van der Waals surface area (Å²) in [6, 6.07) is 5.63. The molecular weight excluding hydrogens is 1180 g/mol. The van der Waals surface area contributed by atoms with Crippen LogP contribution in [0, 0.1) is 35.0 Å². The number of unbranched alkanes of at least 4 members (excludes halogenated alkanes) is 15. The minimum atomic E-state index is -0.831. The molecule has 0 spiro atoms. The van der Waals surface area contributed by atoms with Gasteiger partial charge in [-0.2, -0.15) is 0 Å². The van der Waals surface area contributed by atoms with Gasteiger partial charge >= 0.3 is 5.97 Å². The normalized spacial score (nSPS) is 13.3. The number of amidine groups is 1. The molecule has 1 aromatic carbocycles. The van der Waals surface area contributed by atoms with E-state index < -0.39 is 41.6 Å². The molecule has 0 radical (unpaired) electrons. The van der Waals surface area contributed by atoms with Gasteiger partial charge < -0.3 is 56.6 Å². The number of carbonyl (C=O) groups is 10. The lowest BCUT2D eigenvalue weighted by Gasteiger charge is -2.27. The first kappa shape index (κ1) is 84.0. The van der Waals surface area contributed by atoms with Crippen LogP contribution in [0.2, 0.25) is 0 Å². The number of aliphatic carboxylic acids is 1. The molecule has 0 aliphatic rings. The van der Waals surface area contributed by atoms with Crippen LogP contribution in [0.15, 0.2) is 24.3 Å². The summed E-state index contributed by atoms with van der Waals surface area (Å²) >= 11 is 0. The van der Waals surface area contributed by atoms with Gasteiger partial charge in [0.05, 0.1) is 44.9 Å². The Balaban J connectivity index is 2.29. The second-order valence-corrected chi connectivity index (χ2v) is 25.0. The van der Waals surface area contributed by atoms with Gasteiger partial charge in [-0.15, -0.1) is 0 Å². The highest BCUT2D eigenvalue weighted by molar-refractivity contribution is 5.93. The minimum absolute atomic E-state index is 0.0147. The average molecular weight is 1300 g/mol. The highest BCUT2D eigenvalue weighted by atomic mass is 16.5. The maximum Gasteiger partial charge on any atom is 0.303 e. The fourth-order valence-electron chi connectivity index (χ4n) is 10.9. The number of phenolic OH excluding ortho intramolecular Hbond substituents is 1. The number of phenols is 1. The van der Waals surface area contributed by atoms with Crippen LogP contribution in [-0.2, 0) is 73.3 Å². The van der Waals surface area contributed by atoms with E-state index in [0.717, 1.165) is 56.9 Å². The van der Waals surface area contributed by atoms with Gasteiger partial charge in [-0.3, -0.25) is 53.4 Å². The number of carboxylic acid groups (broad SMARTS) is 1. The van der Waals surface area contributed by atoms with Crippen LogP contribution >= 0.6 is 0 Å². The average Bonchev–Trinajstić information content (AvgIpc) is 0.943. The molecule has 0 saturated heterocycles. The first-order valence-electron chi connectivity index (χ1n) is 34.5. The van der Waals surface area contributed by atoms with E-state index in [1.165, 1.54) is 64.0 Å². The highest BCUT2D eigenvalue weighted by Crippen LogP contribution is 2.31.